The van der Waals surface area contributed by atoms with Crippen molar-refractivity contribution in [3.05, 3.63) is 26.7 Å². The lowest BCUT2D eigenvalue weighted by molar-refractivity contribution is -0.158. The molecule has 9 heteroatoms. The Hall–Kier alpha value is -1.50. The van der Waals surface area contributed by atoms with Crippen LogP contribution in [0.15, 0.2) is 6.07 Å². The second-order valence-corrected chi connectivity index (χ2v) is 7.49. The molecule has 0 aliphatic carbocycles. The lowest BCUT2D eigenvalue weighted by Gasteiger charge is -2.18. The van der Waals surface area contributed by atoms with E-state index in [9.17, 15) is 14.4 Å². The van der Waals surface area contributed by atoms with Gasteiger partial charge in [-0.2, -0.15) is 0 Å². The zero-order valence-electron chi connectivity index (χ0n) is 15.7. The van der Waals surface area contributed by atoms with Gasteiger partial charge in [-0.25, -0.2) is 14.4 Å². The van der Waals surface area contributed by atoms with E-state index in [1.807, 2.05) is 6.92 Å². The molecule has 1 atom stereocenters. The number of ether oxygens (including phenoxy) is 2. The first-order valence-corrected chi connectivity index (χ1v) is 10.2. The van der Waals surface area contributed by atoms with E-state index in [0.29, 0.717) is 0 Å². The van der Waals surface area contributed by atoms with Crippen molar-refractivity contribution in [2.75, 3.05) is 6.61 Å². The number of hydrogen-bond acceptors (Lipinski definition) is 5. The highest BCUT2D eigenvalue weighted by Gasteiger charge is 2.28. The van der Waals surface area contributed by atoms with Gasteiger partial charge in [-0.1, -0.05) is 74.3 Å². The van der Waals surface area contributed by atoms with Crippen LogP contribution in [0.25, 0.3) is 0 Å². The molecule has 0 spiro atoms. The van der Waals surface area contributed by atoms with Crippen molar-refractivity contribution < 1.29 is 29.0 Å². The van der Waals surface area contributed by atoms with E-state index >= 15 is 0 Å². The van der Waals surface area contributed by atoms with Gasteiger partial charge in [0.25, 0.3) is 0 Å². The maximum atomic E-state index is 12.6. The highest BCUT2D eigenvalue weighted by Crippen LogP contribution is 2.40. The van der Waals surface area contributed by atoms with Crippen LogP contribution < -0.4 is 4.74 Å². The average Bonchev–Trinajstić information content (AvgIpc) is 2.64. The van der Waals surface area contributed by atoms with Gasteiger partial charge >= 0.3 is 17.9 Å². The summed E-state index contributed by atoms with van der Waals surface area (Å²) in [4.78, 5) is 34.8. The Morgan fingerprint density at radius 2 is 1.71 bits per heavy atom. The van der Waals surface area contributed by atoms with Crippen LogP contribution in [0, 0.1) is 5.92 Å². The summed E-state index contributed by atoms with van der Waals surface area (Å²) in [5.74, 6) is -4.66. The van der Waals surface area contributed by atoms with Crippen LogP contribution in [0.4, 0.5) is 0 Å². The Labute approximate surface area is 179 Å². The minimum absolute atomic E-state index is 0.0539. The fraction of sp³-hybridized carbons (Fsp3) is 0.526. The predicted molar refractivity (Wildman–Crippen MR) is 108 cm³/mol. The smallest absolute Gasteiger partial charge is 0.422 e. The van der Waals surface area contributed by atoms with Crippen LogP contribution in [0.1, 0.15) is 62.7 Å². The van der Waals surface area contributed by atoms with Crippen LogP contribution in [0.3, 0.4) is 0 Å². The van der Waals surface area contributed by atoms with E-state index in [2.05, 4.69) is 6.92 Å². The van der Waals surface area contributed by atoms with E-state index in [1.54, 1.807) is 0 Å². The topological polar surface area (TPSA) is 89.9 Å². The summed E-state index contributed by atoms with van der Waals surface area (Å²) in [6.45, 7) is 4.31. The van der Waals surface area contributed by atoms with Crippen LogP contribution in [-0.2, 0) is 14.3 Å². The van der Waals surface area contributed by atoms with Crippen molar-refractivity contribution in [1.29, 1.82) is 0 Å². The molecule has 1 unspecified atom stereocenters. The standard InChI is InChI=1S/C19H23Cl3O6/c1-3-5-6-8-11(7-4-2)10-27-18(25)14-15(22)12(20)9-13(21)16(14)28-19(26)17(23)24/h9,11H,3-8,10H2,1-2H3,(H,23,24). The molecular weight excluding hydrogens is 431 g/mol. The number of rotatable bonds is 10. The lowest BCUT2D eigenvalue weighted by atomic mass is 9.97. The van der Waals surface area contributed by atoms with E-state index in [0.717, 1.165) is 44.6 Å². The van der Waals surface area contributed by atoms with Gasteiger partial charge in [-0.3, -0.25) is 0 Å². The molecule has 0 aromatic heterocycles. The number of carbonyl (C=O) groups is 3. The molecule has 0 amide bonds. The molecule has 156 valence electrons. The Bertz CT molecular complexity index is 720. The van der Waals surface area contributed by atoms with Crippen molar-refractivity contribution in [2.24, 2.45) is 5.92 Å². The summed E-state index contributed by atoms with van der Waals surface area (Å²) < 4.78 is 10.1. The van der Waals surface area contributed by atoms with Gasteiger partial charge in [-0.15, -0.1) is 0 Å². The summed E-state index contributed by atoms with van der Waals surface area (Å²) in [6, 6.07) is 1.15. The molecule has 28 heavy (non-hydrogen) atoms. The van der Waals surface area contributed by atoms with Crippen LogP contribution in [0.5, 0.6) is 5.75 Å². The molecule has 0 fully saturated rings. The number of aliphatic carboxylic acids is 1. The Balaban J connectivity index is 3.04. The summed E-state index contributed by atoms with van der Waals surface area (Å²) in [6.07, 6.45) is 5.97. The van der Waals surface area contributed by atoms with Gasteiger partial charge in [0.15, 0.2) is 5.75 Å². The molecule has 1 rings (SSSR count). The second kappa shape index (κ2) is 12.1. The van der Waals surface area contributed by atoms with E-state index in [1.165, 1.54) is 0 Å². The minimum atomic E-state index is -1.85. The van der Waals surface area contributed by atoms with E-state index in [-0.39, 0.29) is 33.2 Å². The zero-order valence-corrected chi connectivity index (χ0v) is 18.0. The molecule has 0 saturated carbocycles. The van der Waals surface area contributed by atoms with Crippen LogP contribution in [-0.4, -0.2) is 29.6 Å². The highest BCUT2D eigenvalue weighted by molar-refractivity contribution is 6.46. The Morgan fingerprint density at radius 3 is 2.29 bits per heavy atom. The molecule has 0 heterocycles. The highest BCUT2D eigenvalue weighted by atomic mass is 35.5. The molecule has 0 aliphatic rings. The number of carboxylic acids is 1. The molecule has 0 aliphatic heterocycles. The fourth-order valence-corrected chi connectivity index (χ4v) is 3.38. The maximum Gasteiger partial charge on any atom is 0.422 e. The minimum Gasteiger partial charge on any atom is -0.473 e. The van der Waals surface area contributed by atoms with Gasteiger partial charge in [0.05, 0.1) is 21.7 Å². The molecule has 1 aromatic carbocycles. The number of halogens is 3. The number of carboxylic acid groups (broad SMARTS) is 1. The van der Waals surface area contributed by atoms with Gasteiger partial charge < -0.3 is 14.6 Å². The first-order chi connectivity index (χ1) is 13.2. The van der Waals surface area contributed by atoms with E-state index < -0.39 is 23.7 Å². The van der Waals surface area contributed by atoms with Crippen molar-refractivity contribution in [2.45, 2.75) is 52.4 Å². The van der Waals surface area contributed by atoms with Crippen LogP contribution in [0.2, 0.25) is 15.1 Å². The molecule has 0 bridgehead atoms. The summed E-state index contributed by atoms with van der Waals surface area (Å²) in [5.41, 5.74) is -0.377. The third-order valence-electron chi connectivity index (χ3n) is 4.06. The number of esters is 2. The lowest BCUT2D eigenvalue weighted by Crippen LogP contribution is -2.22. The number of unbranched alkanes of at least 4 members (excludes halogenated alkanes) is 2. The van der Waals surface area contributed by atoms with Gasteiger partial charge in [0.1, 0.15) is 5.56 Å². The molecule has 6 nitrogen and oxygen atoms in total. The third kappa shape index (κ3) is 7.15. The molecule has 0 saturated heterocycles. The first-order valence-electron chi connectivity index (χ1n) is 9.02. The van der Waals surface area contributed by atoms with Crippen molar-refractivity contribution >= 4 is 52.7 Å². The fourth-order valence-electron chi connectivity index (χ4n) is 2.67. The Kier molecular flexibility index (Phi) is 10.6. The molecule has 0 radical (unpaired) electrons. The van der Waals surface area contributed by atoms with Crippen molar-refractivity contribution in [3.63, 3.8) is 0 Å². The zero-order chi connectivity index (χ0) is 21.3. The number of benzene rings is 1. The van der Waals surface area contributed by atoms with Gasteiger partial charge in [0.2, 0.25) is 0 Å². The number of carbonyl (C=O) groups excluding carboxylic acids is 2. The van der Waals surface area contributed by atoms with Crippen molar-refractivity contribution in [3.8, 4) is 5.75 Å². The average molecular weight is 454 g/mol. The normalized spacial score (nSPS) is 11.8. The maximum absolute atomic E-state index is 12.6. The summed E-state index contributed by atoms with van der Waals surface area (Å²) in [5, 5.41) is 8.21. The predicted octanol–water partition coefficient (Wildman–Crippen LogP) is 5.79. The monoisotopic (exact) mass is 452 g/mol. The van der Waals surface area contributed by atoms with Crippen LogP contribution >= 0.6 is 34.8 Å². The quantitative estimate of drug-likeness (QED) is 0.158. The van der Waals surface area contributed by atoms with E-state index in [4.69, 9.17) is 49.4 Å². The SMILES string of the molecule is CCCCCC(CCC)COC(=O)c1c(Cl)c(Cl)cc(Cl)c1OC(=O)C(=O)O. The molecule has 1 aromatic rings. The van der Waals surface area contributed by atoms with Crippen molar-refractivity contribution in [1.82, 2.24) is 0 Å². The largest absolute Gasteiger partial charge is 0.473 e. The molecular formula is C19H23Cl3O6. The number of hydrogen-bond donors (Lipinski definition) is 1. The second-order valence-electron chi connectivity index (χ2n) is 6.30. The Morgan fingerprint density at radius 1 is 1.04 bits per heavy atom. The molecule has 1 N–H and O–H groups in total. The third-order valence-corrected chi connectivity index (χ3v) is 5.13. The van der Waals surface area contributed by atoms with Gasteiger partial charge in [0, 0.05) is 0 Å². The summed E-state index contributed by atoms with van der Waals surface area (Å²) in [7, 11) is 0. The summed E-state index contributed by atoms with van der Waals surface area (Å²) >= 11 is 18.0. The first kappa shape index (κ1) is 24.5. The van der Waals surface area contributed by atoms with Gasteiger partial charge in [-0.05, 0) is 24.8 Å².